The third-order valence-electron chi connectivity index (χ3n) is 2.72. The highest BCUT2D eigenvalue weighted by molar-refractivity contribution is 6.33. The van der Waals surface area contributed by atoms with Gasteiger partial charge in [-0.05, 0) is 32.0 Å². The Bertz CT molecular complexity index is 322. The zero-order valence-electron chi connectivity index (χ0n) is 10.4. The molecule has 2 nitrogen and oxygen atoms in total. The zero-order chi connectivity index (χ0) is 12.0. The third-order valence-corrected chi connectivity index (χ3v) is 3.02. The van der Waals surface area contributed by atoms with E-state index in [-0.39, 0.29) is 0 Å². The minimum absolute atomic E-state index is 0.846. The number of halogens is 1. The van der Waals surface area contributed by atoms with Crippen LogP contribution >= 0.6 is 11.6 Å². The first-order valence-corrected chi connectivity index (χ1v) is 6.35. The molecule has 1 rings (SSSR count). The first-order valence-electron chi connectivity index (χ1n) is 5.97. The van der Waals surface area contributed by atoms with E-state index in [1.165, 1.54) is 11.3 Å². The molecule has 0 amide bonds. The van der Waals surface area contributed by atoms with Gasteiger partial charge in [0, 0.05) is 19.6 Å². The van der Waals surface area contributed by atoms with Crippen molar-refractivity contribution in [2.45, 2.75) is 27.3 Å². The van der Waals surface area contributed by atoms with Gasteiger partial charge in [-0.15, -0.1) is 0 Å². The maximum absolute atomic E-state index is 6.29. The van der Waals surface area contributed by atoms with E-state index in [9.17, 15) is 0 Å². The van der Waals surface area contributed by atoms with Crippen LogP contribution < -0.4 is 10.2 Å². The maximum atomic E-state index is 6.29. The predicted octanol–water partition coefficient (Wildman–Crippen LogP) is 3.30. The maximum Gasteiger partial charge on any atom is 0.0642 e. The lowest BCUT2D eigenvalue weighted by Gasteiger charge is -2.25. The van der Waals surface area contributed by atoms with Crippen molar-refractivity contribution in [3.05, 3.63) is 28.8 Å². The first-order chi connectivity index (χ1) is 7.74. The fraction of sp³-hybridized carbons (Fsp3) is 0.538. The van der Waals surface area contributed by atoms with Crippen molar-refractivity contribution < 1.29 is 0 Å². The average molecular weight is 241 g/mol. The second kappa shape index (κ2) is 6.77. The van der Waals surface area contributed by atoms with Crippen molar-refractivity contribution in [2.75, 3.05) is 24.5 Å². The fourth-order valence-electron chi connectivity index (χ4n) is 1.86. The van der Waals surface area contributed by atoms with Crippen LogP contribution in [0.5, 0.6) is 0 Å². The lowest BCUT2D eigenvalue weighted by Crippen LogP contribution is -2.25. The van der Waals surface area contributed by atoms with E-state index >= 15 is 0 Å². The number of anilines is 1. The molecular weight excluding hydrogens is 220 g/mol. The van der Waals surface area contributed by atoms with E-state index < -0.39 is 0 Å². The highest BCUT2D eigenvalue weighted by atomic mass is 35.5. The summed E-state index contributed by atoms with van der Waals surface area (Å²) in [5.41, 5.74) is 2.45. The van der Waals surface area contributed by atoms with Gasteiger partial charge in [0.2, 0.25) is 0 Å². The van der Waals surface area contributed by atoms with E-state index in [1.807, 2.05) is 12.1 Å². The fourth-order valence-corrected chi connectivity index (χ4v) is 2.17. The molecule has 0 spiro atoms. The molecule has 0 atom stereocenters. The van der Waals surface area contributed by atoms with E-state index in [4.69, 9.17) is 11.6 Å². The van der Waals surface area contributed by atoms with Crippen molar-refractivity contribution in [3.8, 4) is 0 Å². The van der Waals surface area contributed by atoms with Gasteiger partial charge in [0.1, 0.15) is 0 Å². The number of benzene rings is 1. The van der Waals surface area contributed by atoms with Gasteiger partial charge < -0.3 is 10.2 Å². The predicted molar refractivity (Wildman–Crippen MR) is 72.4 cm³/mol. The van der Waals surface area contributed by atoms with Crippen LogP contribution in [0.2, 0.25) is 5.02 Å². The van der Waals surface area contributed by atoms with Crippen molar-refractivity contribution >= 4 is 17.3 Å². The molecule has 1 N–H and O–H groups in total. The van der Waals surface area contributed by atoms with Gasteiger partial charge in [-0.1, -0.05) is 30.7 Å². The van der Waals surface area contributed by atoms with Crippen LogP contribution in [0, 0.1) is 0 Å². The van der Waals surface area contributed by atoms with Crippen LogP contribution in [0.3, 0.4) is 0 Å². The smallest absolute Gasteiger partial charge is 0.0642 e. The average Bonchev–Trinajstić information content (AvgIpc) is 2.30. The monoisotopic (exact) mass is 240 g/mol. The van der Waals surface area contributed by atoms with E-state index in [1.54, 1.807) is 0 Å². The Morgan fingerprint density at radius 3 is 2.44 bits per heavy atom. The van der Waals surface area contributed by atoms with Crippen molar-refractivity contribution in [2.24, 2.45) is 0 Å². The molecule has 0 heterocycles. The molecule has 3 heteroatoms. The number of rotatable bonds is 6. The molecule has 0 saturated carbocycles. The summed E-state index contributed by atoms with van der Waals surface area (Å²) in [5, 5.41) is 4.20. The molecule has 0 aliphatic heterocycles. The summed E-state index contributed by atoms with van der Waals surface area (Å²) < 4.78 is 0. The molecule has 1 aromatic rings. The van der Waals surface area contributed by atoms with Crippen LogP contribution in [0.25, 0.3) is 0 Å². The number of hydrogen-bond acceptors (Lipinski definition) is 2. The SMILES string of the molecule is CCNCc1cccc(Cl)c1N(CC)CC. The van der Waals surface area contributed by atoms with Crippen LogP contribution in [0.15, 0.2) is 18.2 Å². The largest absolute Gasteiger partial charge is 0.371 e. The van der Waals surface area contributed by atoms with Gasteiger partial charge >= 0.3 is 0 Å². The second-order valence-corrected chi connectivity index (χ2v) is 4.11. The normalized spacial score (nSPS) is 10.5. The second-order valence-electron chi connectivity index (χ2n) is 3.70. The molecule has 90 valence electrons. The molecule has 1 aromatic carbocycles. The highest BCUT2D eigenvalue weighted by Gasteiger charge is 2.11. The van der Waals surface area contributed by atoms with Gasteiger partial charge in [-0.2, -0.15) is 0 Å². The van der Waals surface area contributed by atoms with Gasteiger partial charge in [0.25, 0.3) is 0 Å². The summed E-state index contributed by atoms with van der Waals surface area (Å²) in [6.07, 6.45) is 0. The molecule has 0 radical (unpaired) electrons. The molecular formula is C13H21ClN2. The third kappa shape index (κ3) is 3.13. The topological polar surface area (TPSA) is 15.3 Å². The summed E-state index contributed by atoms with van der Waals surface area (Å²) in [5.74, 6) is 0. The molecule has 0 aromatic heterocycles. The van der Waals surface area contributed by atoms with Crippen LogP contribution in [0.4, 0.5) is 5.69 Å². The summed E-state index contributed by atoms with van der Waals surface area (Å²) >= 11 is 6.29. The van der Waals surface area contributed by atoms with Gasteiger partial charge in [-0.3, -0.25) is 0 Å². The molecule has 0 aliphatic rings. The quantitative estimate of drug-likeness (QED) is 0.821. The molecule has 0 saturated heterocycles. The van der Waals surface area contributed by atoms with E-state index in [2.05, 4.69) is 37.1 Å². The highest BCUT2D eigenvalue weighted by Crippen LogP contribution is 2.29. The van der Waals surface area contributed by atoms with Crippen molar-refractivity contribution in [1.82, 2.24) is 5.32 Å². The number of nitrogens with zero attached hydrogens (tertiary/aromatic N) is 1. The minimum atomic E-state index is 0.846. The van der Waals surface area contributed by atoms with E-state index in [0.29, 0.717) is 0 Å². The van der Waals surface area contributed by atoms with Gasteiger partial charge in [0.15, 0.2) is 0 Å². The van der Waals surface area contributed by atoms with Crippen LogP contribution in [-0.2, 0) is 6.54 Å². The molecule has 0 unspecified atom stereocenters. The van der Waals surface area contributed by atoms with E-state index in [0.717, 1.165) is 31.2 Å². The Kier molecular flexibility index (Phi) is 5.64. The Labute approximate surface area is 104 Å². The summed E-state index contributed by atoms with van der Waals surface area (Å²) in [6.45, 7) is 10.3. The summed E-state index contributed by atoms with van der Waals surface area (Å²) in [6, 6.07) is 6.12. The van der Waals surface area contributed by atoms with Crippen molar-refractivity contribution in [3.63, 3.8) is 0 Å². The number of para-hydroxylation sites is 1. The minimum Gasteiger partial charge on any atom is -0.371 e. The summed E-state index contributed by atoms with van der Waals surface area (Å²) in [4.78, 5) is 2.30. The zero-order valence-corrected chi connectivity index (χ0v) is 11.1. The van der Waals surface area contributed by atoms with Gasteiger partial charge in [-0.25, -0.2) is 0 Å². The molecule has 0 bridgehead atoms. The molecule has 16 heavy (non-hydrogen) atoms. The Hall–Kier alpha value is -0.730. The lowest BCUT2D eigenvalue weighted by molar-refractivity contribution is 0.721. The summed E-state index contributed by atoms with van der Waals surface area (Å²) in [7, 11) is 0. The van der Waals surface area contributed by atoms with Crippen LogP contribution in [0.1, 0.15) is 26.3 Å². The number of nitrogens with one attached hydrogen (secondary N) is 1. The Balaban J connectivity index is 3.01. The first kappa shape index (κ1) is 13.3. The lowest BCUT2D eigenvalue weighted by atomic mass is 10.1. The Morgan fingerprint density at radius 2 is 1.88 bits per heavy atom. The van der Waals surface area contributed by atoms with Gasteiger partial charge in [0.05, 0.1) is 10.7 Å². The van der Waals surface area contributed by atoms with Crippen LogP contribution in [-0.4, -0.2) is 19.6 Å². The number of hydrogen-bond donors (Lipinski definition) is 1. The Morgan fingerprint density at radius 1 is 1.19 bits per heavy atom. The standard InChI is InChI=1S/C13H21ClN2/c1-4-15-10-11-8-7-9-12(14)13(11)16(5-2)6-3/h7-9,15H,4-6,10H2,1-3H3. The van der Waals surface area contributed by atoms with Crippen molar-refractivity contribution in [1.29, 1.82) is 0 Å². The molecule has 0 fully saturated rings. The molecule has 0 aliphatic carbocycles.